The maximum absolute atomic E-state index is 10.9. The zero-order valence-corrected chi connectivity index (χ0v) is 12.7. The summed E-state index contributed by atoms with van der Waals surface area (Å²) in [5.74, 6) is -0.0504. The number of nitrogens with zero attached hydrogens (tertiary/aromatic N) is 4. The third kappa shape index (κ3) is 3.03. The van der Waals surface area contributed by atoms with E-state index in [4.69, 9.17) is 16.7 Å². The van der Waals surface area contributed by atoms with Gasteiger partial charge >= 0.3 is 5.97 Å². The van der Waals surface area contributed by atoms with Gasteiger partial charge in [0.15, 0.2) is 5.16 Å². The minimum atomic E-state index is -1.04. The largest absolute Gasteiger partial charge is 0.478 e. The monoisotopic (exact) mass is 324 g/mol. The molecule has 3 rings (SSSR count). The standard InChI is InChI=1S/C13H13ClN4O2S/c14-9-6-8(12(19)20)7-15-11(9)21-13-17-16-10-4-2-1-3-5-18(10)13/h6-7H,1-5H2,(H,19,20). The molecule has 2 aromatic heterocycles. The van der Waals surface area contributed by atoms with Crippen molar-refractivity contribution in [3.8, 4) is 0 Å². The molecular weight excluding hydrogens is 312 g/mol. The van der Waals surface area contributed by atoms with Crippen molar-refractivity contribution in [3.63, 3.8) is 0 Å². The lowest BCUT2D eigenvalue weighted by Crippen LogP contribution is -2.03. The molecule has 0 amide bonds. The van der Waals surface area contributed by atoms with Crippen LogP contribution in [0, 0.1) is 0 Å². The topological polar surface area (TPSA) is 80.9 Å². The lowest BCUT2D eigenvalue weighted by molar-refractivity contribution is 0.0696. The number of carbonyl (C=O) groups is 1. The van der Waals surface area contributed by atoms with E-state index in [2.05, 4.69) is 19.7 Å². The van der Waals surface area contributed by atoms with Crippen molar-refractivity contribution in [1.29, 1.82) is 0 Å². The molecule has 1 aliphatic heterocycles. The maximum Gasteiger partial charge on any atom is 0.337 e. The van der Waals surface area contributed by atoms with Crippen LogP contribution in [0.3, 0.4) is 0 Å². The van der Waals surface area contributed by atoms with Crippen molar-refractivity contribution < 1.29 is 9.90 Å². The van der Waals surface area contributed by atoms with E-state index in [-0.39, 0.29) is 5.56 Å². The molecule has 0 aliphatic carbocycles. The van der Waals surface area contributed by atoms with E-state index in [9.17, 15) is 4.79 Å². The van der Waals surface area contributed by atoms with Gasteiger partial charge < -0.3 is 9.67 Å². The third-order valence-electron chi connectivity index (χ3n) is 3.32. The Morgan fingerprint density at radius 3 is 2.95 bits per heavy atom. The highest BCUT2D eigenvalue weighted by atomic mass is 35.5. The van der Waals surface area contributed by atoms with Crippen LogP contribution in [0.1, 0.15) is 35.4 Å². The first-order valence-electron chi connectivity index (χ1n) is 6.64. The summed E-state index contributed by atoms with van der Waals surface area (Å²) in [6.07, 6.45) is 5.68. The third-order valence-corrected chi connectivity index (χ3v) is 4.72. The number of halogens is 1. The van der Waals surface area contributed by atoms with Gasteiger partial charge in [-0.3, -0.25) is 0 Å². The van der Waals surface area contributed by atoms with Crippen LogP contribution in [-0.2, 0) is 13.0 Å². The van der Waals surface area contributed by atoms with E-state index in [0.29, 0.717) is 10.0 Å². The lowest BCUT2D eigenvalue weighted by atomic mass is 10.2. The Kier molecular flexibility index (Phi) is 4.12. The number of aromatic nitrogens is 4. The zero-order valence-electron chi connectivity index (χ0n) is 11.1. The Morgan fingerprint density at radius 2 is 2.19 bits per heavy atom. The molecule has 3 heterocycles. The fourth-order valence-electron chi connectivity index (χ4n) is 2.24. The number of aromatic carboxylic acids is 1. The molecule has 21 heavy (non-hydrogen) atoms. The molecule has 1 N–H and O–H groups in total. The molecule has 2 aromatic rings. The zero-order chi connectivity index (χ0) is 14.8. The minimum Gasteiger partial charge on any atom is -0.478 e. The number of pyridine rings is 1. The molecule has 6 nitrogen and oxygen atoms in total. The lowest BCUT2D eigenvalue weighted by Gasteiger charge is -2.07. The van der Waals surface area contributed by atoms with Gasteiger partial charge in [0.2, 0.25) is 0 Å². The van der Waals surface area contributed by atoms with Crippen LogP contribution in [0.15, 0.2) is 22.4 Å². The van der Waals surface area contributed by atoms with Gasteiger partial charge in [0.05, 0.1) is 10.6 Å². The van der Waals surface area contributed by atoms with E-state index in [1.165, 1.54) is 30.4 Å². The summed E-state index contributed by atoms with van der Waals surface area (Å²) in [6, 6.07) is 1.40. The minimum absolute atomic E-state index is 0.0735. The van der Waals surface area contributed by atoms with Crippen LogP contribution in [0.4, 0.5) is 0 Å². The van der Waals surface area contributed by atoms with Crippen LogP contribution in [0.2, 0.25) is 5.02 Å². The Morgan fingerprint density at radius 1 is 1.33 bits per heavy atom. The summed E-state index contributed by atoms with van der Waals surface area (Å²) < 4.78 is 2.10. The summed E-state index contributed by atoms with van der Waals surface area (Å²) in [4.78, 5) is 15.0. The summed E-state index contributed by atoms with van der Waals surface area (Å²) >= 11 is 7.42. The summed E-state index contributed by atoms with van der Waals surface area (Å²) in [6.45, 7) is 0.898. The van der Waals surface area contributed by atoms with Crippen molar-refractivity contribution in [3.05, 3.63) is 28.7 Å². The van der Waals surface area contributed by atoms with Gasteiger partial charge in [-0.15, -0.1) is 10.2 Å². The predicted molar refractivity (Wildman–Crippen MR) is 77.9 cm³/mol. The van der Waals surface area contributed by atoms with E-state index in [1.54, 1.807) is 0 Å². The van der Waals surface area contributed by atoms with Crippen molar-refractivity contribution in [2.45, 2.75) is 42.4 Å². The number of hydrogen-bond donors (Lipinski definition) is 1. The summed E-state index contributed by atoms with van der Waals surface area (Å²) in [5.41, 5.74) is 0.0735. The van der Waals surface area contributed by atoms with Crippen LogP contribution in [-0.4, -0.2) is 30.8 Å². The molecular formula is C13H13ClN4O2S. The number of rotatable bonds is 3. The molecule has 1 aliphatic rings. The Balaban J connectivity index is 1.87. The maximum atomic E-state index is 10.9. The van der Waals surface area contributed by atoms with Crippen LogP contribution in [0.25, 0.3) is 0 Å². The normalized spacial score (nSPS) is 14.5. The fraction of sp³-hybridized carbons (Fsp3) is 0.385. The summed E-state index contributed by atoms with van der Waals surface area (Å²) in [5, 5.41) is 18.9. The second kappa shape index (κ2) is 6.03. The van der Waals surface area contributed by atoms with Crippen molar-refractivity contribution in [2.75, 3.05) is 0 Å². The average Bonchev–Trinajstić information content (AvgIpc) is 2.69. The molecule has 0 radical (unpaired) electrons. The molecule has 0 saturated heterocycles. The first-order valence-corrected chi connectivity index (χ1v) is 7.83. The molecule has 0 atom stereocenters. The van der Waals surface area contributed by atoms with E-state index >= 15 is 0 Å². The highest BCUT2D eigenvalue weighted by Gasteiger charge is 2.18. The van der Waals surface area contributed by atoms with Gasteiger partial charge in [-0.25, -0.2) is 9.78 Å². The highest BCUT2D eigenvalue weighted by Crippen LogP contribution is 2.32. The average molecular weight is 325 g/mol. The number of aryl methyl sites for hydroxylation is 1. The molecule has 0 aromatic carbocycles. The first kappa shape index (κ1) is 14.3. The SMILES string of the molecule is O=C(O)c1cnc(Sc2nnc3n2CCCCC3)c(Cl)c1. The quantitative estimate of drug-likeness (QED) is 0.935. The van der Waals surface area contributed by atoms with Gasteiger partial charge in [0.1, 0.15) is 10.9 Å². The van der Waals surface area contributed by atoms with Crippen molar-refractivity contribution in [2.24, 2.45) is 0 Å². The molecule has 0 fully saturated rings. The van der Waals surface area contributed by atoms with Crippen molar-refractivity contribution >= 4 is 29.3 Å². The number of fused-ring (bicyclic) bond motifs is 1. The molecule has 0 saturated carbocycles. The van der Waals surface area contributed by atoms with Crippen LogP contribution >= 0.6 is 23.4 Å². The van der Waals surface area contributed by atoms with Crippen LogP contribution < -0.4 is 0 Å². The Hall–Kier alpha value is -1.60. The van der Waals surface area contributed by atoms with E-state index in [0.717, 1.165) is 36.8 Å². The smallest absolute Gasteiger partial charge is 0.337 e. The van der Waals surface area contributed by atoms with Gasteiger partial charge in [0, 0.05) is 19.2 Å². The van der Waals surface area contributed by atoms with Gasteiger partial charge in [-0.2, -0.15) is 0 Å². The second-order valence-electron chi connectivity index (χ2n) is 4.78. The van der Waals surface area contributed by atoms with E-state index in [1.807, 2.05) is 0 Å². The molecule has 110 valence electrons. The number of hydrogen-bond acceptors (Lipinski definition) is 5. The number of carboxylic acid groups (broad SMARTS) is 1. The Bertz CT molecular complexity index is 689. The predicted octanol–water partition coefficient (Wildman–Crippen LogP) is 2.90. The molecule has 0 unspecified atom stereocenters. The second-order valence-corrected chi connectivity index (χ2v) is 6.14. The molecule has 0 bridgehead atoms. The van der Waals surface area contributed by atoms with Gasteiger partial charge in [0.25, 0.3) is 0 Å². The first-order chi connectivity index (χ1) is 10.1. The molecule has 0 spiro atoms. The fourth-order valence-corrected chi connectivity index (χ4v) is 3.34. The number of carboxylic acids is 1. The highest BCUT2D eigenvalue weighted by molar-refractivity contribution is 7.99. The molecule has 8 heteroatoms. The van der Waals surface area contributed by atoms with Crippen molar-refractivity contribution in [1.82, 2.24) is 19.7 Å². The van der Waals surface area contributed by atoms with E-state index < -0.39 is 5.97 Å². The van der Waals surface area contributed by atoms with Crippen LogP contribution in [0.5, 0.6) is 0 Å². The Labute approximate surface area is 130 Å². The summed E-state index contributed by atoms with van der Waals surface area (Å²) in [7, 11) is 0. The van der Waals surface area contributed by atoms with Gasteiger partial charge in [-0.1, -0.05) is 18.0 Å². The van der Waals surface area contributed by atoms with Gasteiger partial charge in [-0.05, 0) is 30.7 Å².